The molecule has 1 aromatic heterocycles. The summed E-state index contributed by atoms with van der Waals surface area (Å²) in [6.45, 7) is 0. The number of nitrogens with zero attached hydrogens (tertiary/aromatic N) is 1. The van der Waals surface area contributed by atoms with Crippen molar-refractivity contribution in [1.29, 1.82) is 0 Å². The van der Waals surface area contributed by atoms with Crippen LogP contribution in [0.1, 0.15) is 29.7 Å². The summed E-state index contributed by atoms with van der Waals surface area (Å²) >= 11 is 13.4. The molecule has 21 heavy (non-hydrogen) atoms. The number of benzene rings is 1. The van der Waals surface area contributed by atoms with Gasteiger partial charge in [0.1, 0.15) is 0 Å². The van der Waals surface area contributed by atoms with Gasteiger partial charge in [-0.3, -0.25) is 4.79 Å². The van der Waals surface area contributed by atoms with Gasteiger partial charge in [-0.2, -0.15) is 0 Å². The molecular weight excluding hydrogens is 327 g/mol. The van der Waals surface area contributed by atoms with Crippen molar-refractivity contribution in [3.05, 3.63) is 55.4 Å². The van der Waals surface area contributed by atoms with Gasteiger partial charge in [0.15, 0.2) is 5.16 Å². The molecule has 1 N–H and O–H groups in total. The van der Waals surface area contributed by atoms with Gasteiger partial charge in [-0.15, -0.1) is 0 Å². The predicted octanol–water partition coefficient (Wildman–Crippen LogP) is 4.25. The Balaban J connectivity index is 1.77. The lowest BCUT2D eigenvalue weighted by Gasteiger charge is -2.14. The van der Waals surface area contributed by atoms with Gasteiger partial charge in [0.25, 0.3) is 5.56 Å². The minimum absolute atomic E-state index is 0.0105. The molecule has 0 saturated carbocycles. The van der Waals surface area contributed by atoms with Crippen molar-refractivity contribution in [2.45, 2.75) is 36.6 Å². The van der Waals surface area contributed by atoms with Crippen LogP contribution in [0.15, 0.2) is 28.2 Å². The molecule has 0 amide bonds. The average molecular weight is 341 g/mol. The van der Waals surface area contributed by atoms with E-state index in [1.165, 1.54) is 11.8 Å². The first-order chi connectivity index (χ1) is 10.1. The maximum atomic E-state index is 12.0. The Hall–Kier alpha value is -0.970. The lowest BCUT2D eigenvalue weighted by atomic mass is 9.97. The maximum Gasteiger partial charge on any atom is 0.254 e. The minimum Gasteiger partial charge on any atom is -0.301 e. The quantitative estimate of drug-likeness (QED) is 0.671. The monoisotopic (exact) mass is 340 g/mol. The number of aryl methyl sites for hydroxylation is 1. The number of aromatic nitrogens is 2. The van der Waals surface area contributed by atoms with Gasteiger partial charge < -0.3 is 4.98 Å². The molecule has 3 nitrogen and oxygen atoms in total. The number of H-pyrrole nitrogens is 1. The molecule has 0 aliphatic heterocycles. The van der Waals surface area contributed by atoms with E-state index in [0.717, 1.165) is 42.5 Å². The van der Waals surface area contributed by atoms with Crippen LogP contribution < -0.4 is 5.56 Å². The Morgan fingerprint density at radius 3 is 2.81 bits per heavy atom. The summed E-state index contributed by atoms with van der Waals surface area (Å²) in [6, 6.07) is 5.55. The zero-order valence-corrected chi connectivity index (χ0v) is 13.6. The molecule has 1 heterocycles. The highest BCUT2D eigenvalue weighted by molar-refractivity contribution is 7.98. The standard InChI is InChI=1S/C15H14Cl2N2OS/c16-11-6-5-9(7-12(11)17)8-21-15-18-13-4-2-1-3-10(13)14(20)19-15/h5-7H,1-4,8H2,(H,18,19,20). The smallest absolute Gasteiger partial charge is 0.254 e. The summed E-state index contributed by atoms with van der Waals surface area (Å²) in [5.74, 6) is 0.693. The van der Waals surface area contributed by atoms with Crippen LogP contribution in [0.2, 0.25) is 10.0 Å². The number of thioether (sulfide) groups is 1. The first-order valence-electron chi connectivity index (χ1n) is 6.82. The van der Waals surface area contributed by atoms with E-state index in [1.807, 2.05) is 12.1 Å². The van der Waals surface area contributed by atoms with Crippen molar-refractivity contribution in [1.82, 2.24) is 9.97 Å². The Labute approximate surface area is 137 Å². The van der Waals surface area contributed by atoms with Gasteiger partial charge in [-0.25, -0.2) is 4.98 Å². The fraction of sp³-hybridized carbons (Fsp3) is 0.333. The second kappa shape index (κ2) is 6.42. The van der Waals surface area contributed by atoms with E-state index in [1.54, 1.807) is 6.07 Å². The van der Waals surface area contributed by atoms with Crippen LogP contribution in [-0.4, -0.2) is 9.97 Å². The summed E-state index contributed by atoms with van der Waals surface area (Å²) in [5, 5.41) is 1.76. The molecule has 0 saturated heterocycles. The Bertz CT molecular complexity index is 730. The molecule has 0 fully saturated rings. The van der Waals surface area contributed by atoms with Gasteiger partial charge in [-0.1, -0.05) is 41.0 Å². The molecule has 1 aromatic carbocycles. The molecule has 6 heteroatoms. The first kappa shape index (κ1) is 14.9. The average Bonchev–Trinajstić information content (AvgIpc) is 2.49. The van der Waals surface area contributed by atoms with E-state index in [0.29, 0.717) is 21.0 Å². The van der Waals surface area contributed by atoms with Crippen LogP contribution in [-0.2, 0) is 18.6 Å². The Morgan fingerprint density at radius 1 is 1.19 bits per heavy atom. The SMILES string of the molecule is O=c1[nH]c(SCc2ccc(Cl)c(Cl)c2)nc2c1CCCC2. The van der Waals surface area contributed by atoms with Crippen LogP contribution in [0.4, 0.5) is 0 Å². The zero-order chi connectivity index (χ0) is 14.8. The molecule has 0 radical (unpaired) electrons. The van der Waals surface area contributed by atoms with Crippen LogP contribution >= 0.6 is 35.0 Å². The van der Waals surface area contributed by atoms with Crippen LogP contribution in [0.25, 0.3) is 0 Å². The number of hydrogen-bond acceptors (Lipinski definition) is 3. The Morgan fingerprint density at radius 2 is 2.00 bits per heavy atom. The fourth-order valence-electron chi connectivity index (χ4n) is 2.43. The minimum atomic E-state index is 0.0105. The van der Waals surface area contributed by atoms with Crippen molar-refractivity contribution in [3.8, 4) is 0 Å². The van der Waals surface area contributed by atoms with E-state index < -0.39 is 0 Å². The van der Waals surface area contributed by atoms with Crippen LogP contribution in [0.3, 0.4) is 0 Å². The molecule has 0 unspecified atom stereocenters. The van der Waals surface area contributed by atoms with Crippen LogP contribution in [0.5, 0.6) is 0 Å². The van der Waals surface area contributed by atoms with E-state index in [2.05, 4.69) is 9.97 Å². The van der Waals surface area contributed by atoms with Crippen molar-refractivity contribution in [2.75, 3.05) is 0 Å². The number of halogens is 2. The van der Waals surface area contributed by atoms with Crippen LogP contribution in [0, 0.1) is 0 Å². The summed E-state index contributed by atoms with van der Waals surface area (Å²) < 4.78 is 0. The van der Waals surface area contributed by atoms with E-state index in [-0.39, 0.29) is 5.56 Å². The third kappa shape index (κ3) is 3.44. The Kier molecular flexibility index (Phi) is 4.57. The second-order valence-corrected chi connectivity index (χ2v) is 6.82. The predicted molar refractivity (Wildman–Crippen MR) is 87.5 cm³/mol. The van der Waals surface area contributed by atoms with Gasteiger partial charge >= 0.3 is 0 Å². The third-order valence-electron chi connectivity index (χ3n) is 3.53. The van der Waals surface area contributed by atoms with Gasteiger partial charge in [0.05, 0.1) is 15.7 Å². The summed E-state index contributed by atoms with van der Waals surface area (Å²) in [7, 11) is 0. The number of rotatable bonds is 3. The maximum absolute atomic E-state index is 12.0. The lowest BCUT2D eigenvalue weighted by Crippen LogP contribution is -2.21. The topological polar surface area (TPSA) is 45.8 Å². The highest BCUT2D eigenvalue weighted by atomic mass is 35.5. The molecule has 0 atom stereocenters. The summed E-state index contributed by atoms with van der Waals surface area (Å²) in [6.07, 6.45) is 3.93. The molecule has 1 aliphatic rings. The van der Waals surface area contributed by atoms with E-state index in [9.17, 15) is 4.79 Å². The van der Waals surface area contributed by atoms with Crippen molar-refractivity contribution in [2.24, 2.45) is 0 Å². The third-order valence-corrected chi connectivity index (χ3v) is 5.21. The molecule has 0 spiro atoms. The molecule has 110 valence electrons. The highest BCUT2D eigenvalue weighted by Gasteiger charge is 2.15. The van der Waals surface area contributed by atoms with Crippen molar-refractivity contribution in [3.63, 3.8) is 0 Å². The summed E-state index contributed by atoms with van der Waals surface area (Å²) in [5.41, 5.74) is 2.88. The summed E-state index contributed by atoms with van der Waals surface area (Å²) in [4.78, 5) is 19.5. The van der Waals surface area contributed by atoms with E-state index >= 15 is 0 Å². The number of aromatic amines is 1. The van der Waals surface area contributed by atoms with Gasteiger partial charge in [0.2, 0.25) is 0 Å². The second-order valence-electron chi connectivity index (χ2n) is 5.04. The molecule has 3 rings (SSSR count). The highest BCUT2D eigenvalue weighted by Crippen LogP contribution is 2.26. The zero-order valence-electron chi connectivity index (χ0n) is 11.3. The van der Waals surface area contributed by atoms with Crippen molar-refractivity contribution < 1.29 is 0 Å². The van der Waals surface area contributed by atoms with Gasteiger partial charge in [-0.05, 0) is 43.4 Å². The number of hydrogen-bond donors (Lipinski definition) is 1. The lowest BCUT2D eigenvalue weighted by molar-refractivity contribution is 0.641. The molecular formula is C15H14Cl2N2OS. The first-order valence-corrected chi connectivity index (χ1v) is 8.56. The number of fused-ring (bicyclic) bond motifs is 1. The fourth-order valence-corrected chi connectivity index (χ4v) is 3.57. The van der Waals surface area contributed by atoms with E-state index in [4.69, 9.17) is 23.2 Å². The number of nitrogens with one attached hydrogen (secondary N) is 1. The molecule has 2 aromatic rings. The normalized spacial score (nSPS) is 14.0. The molecule has 0 bridgehead atoms. The molecule has 1 aliphatic carbocycles. The van der Waals surface area contributed by atoms with Crippen molar-refractivity contribution >= 4 is 35.0 Å². The van der Waals surface area contributed by atoms with Gasteiger partial charge in [0, 0.05) is 11.3 Å². The largest absolute Gasteiger partial charge is 0.301 e.